The average Bonchev–Trinajstić information content (AvgIpc) is 2.59. The van der Waals surface area contributed by atoms with Gasteiger partial charge in [-0.2, -0.15) is 0 Å². The molecule has 2 aromatic rings. The van der Waals surface area contributed by atoms with Crippen molar-refractivity contribution < 1.29 is 9.53 Å². The first-order chi connectivity index (χ1) is 11.9. The summed E-state index contributed by atoms with van der Waals surface area (Å²) >= 11 is 5.30. The van der Waals surface area contributed by atoms with Crippen molar-refractivity contribution in [1.82, 2.24) is 15.5 Å². The topological polar surface area (TPSA) is 53.6 Å². The summed E-state index contributed by atoms with van der Waals surface area (Å²) in [6.45, 7) is 1.88. The van der Waals surface area contributed by atoms with E-state index in [1.54, 1.807) is 26.1 Å². The van der Waals surface area contributed by atoms with Gasteiger partial charge in [0.1, 0.15) is 5.75 Å². The Morgan fingerprint density at radius 1 is 1.16 bits per heavy atom. The standard InChI is InChI=1S/C19H21N3O2S/c1-11-16(18(23)22(2)3)17(21-19(25)20-11)14-6-5-13-10-15(24-4)8-7-12(13)9-14/h5-10,17H,1-4H3,(H2,20,21,25)/t17-/m1/s1. The van der Waals surface area contributed by atoms with Gasteiger partial charge in [0, 0.05) is 19.8 Å². The number of hydrogen-bond acceptors (Lipinski definition) is 3. The number of ether oxygens (including phenoxy) is 1. The molecule has 1 atom stereocenters. The molecule has 5 nitrogen and oxygen atoms in total. The van der Waals surface area contributed by atoms with Crippen LogP contribution in [0.1, 0.15) is 18.5 Å². The molecule has 6 heteroatoms. The first-order valence-corrected chi connectivity index (χ1v) is 8.39. The fourth-order valence-corrected chi connectivity index (χ4v) is 3.29. The van der Waals surface area contributed by atoms with Gasteiger partial charge in [-0.15, -0.1) is 0 Å². The van der Waals surface area contributed by atoms with Gasteiger partial charge in [-0.25, -0.2) is 0 Å². The van der Waals surface area contributed by atoms with Crippen molar-refractivity contribution in [2.24, 2.45) is 0 Å². The summed E-state index contributed by atoms with van der Waals surface area (Å²) in [6, 6.07) is 11.8. The highest BCUT2D eigenvalue weighted by Crippen LogP contribution is 2.31. The Labute approximate surface area is 152 Å². The fourth-order valence-electron chi connectivity index (χ4n) is 3.02. The van der Waals surface area contributed by atoms with Crippen LogP contribution >= 0.6 is 12.2 Å². The predicted octanol–water partition coefficient (Wildman–Crippen LogP) is 2.73. The number of carbonyl (C=O) groups excluding carboxylic acids is 1. The number of hydrogen-bond donors (Lipinski definition) is 2. The molecular formula is C19H21N3O2S. The van der Waals surface area contributed by atoms with Gasteiger partial charge in [-0.1, -0.05) is 18.2 Å². The van der Waals surface area contributed by atoms with Crippen LogP contribution < -0.4 is 15.4 Å². The van der Waals surface area contributed by atoms with Gasteiger partial charge in [0.2, 0.25) is 0 Å². The van der Waals surface area contributed by atoms with Crippen LogP contribution in [0.15, 0.2) is 47.7 Å². The zero-order chi connectivity index (χ0) is 18.1. The number of likely N-dealkylation sites (N-methyl/N-ethyl adjacent to an activating group) is 1. The number of benzene rings is 2. The normalized spacial score (nSPS) is 17.1. The summed E-state index contributed by atoms with van der Waals surface area (Å²) in [5.41, 5.74) is 2.44. The zero-order valence-corrected chi connectivity index (χ0v) is 15.5. The molecule has 0 aliphatic carbocycles. The molecule has 1 aliphatic heterocycles. The molecule has 0 spiro atoms. The first-order valence-electron chi connectivity index (χ1n) is 7.98. The van der Waals surface area contributed by atoms with Crippen molar-refractivity contribution in [2.45, 2.75) is 13.0 Å². The van der Waals surface area contributed by atoms with Crippen molar-refractivity contribution in [3.63, 3.8) is 0 Å². The molecule has 0 unspecified atom stereocenters. The van der Waals surface area contributed by atoms with Crippen molar-refractivity contribution in [1.29, 1.82) is 0 Å². The predicted molar refractivity (Wildman–Crippen MR) is 104 cm³/mol. The number of nitrogens with zero attached hydrogens (tertiary/aromatic N) is 1. The van der Waals surface area contributed by atoms with E-state index < -0.39 is 0 Å². The lowest BCUT2D eigenvalue weighted by Gasteiger charge is -2.31. The molecule has 1 amide bonds. The lowest BCUT2D eigenvalue weighted by atomic mass is 9.93. The number of thiocarbonyl (C=S) groups is 1. The molecule has 0 saturated heterocycles. The summed E-state index contributed by atoms with van der Waals surface area (Å²) in [4.78, 5) is 14.3. The molecule has 0 aromatic heterocycles. The third-order valence-electron chi connectivity index (χ3n) is 4.31. The van der Waals surface area contributed by atoms with E-state index in [0.717, 1.165) is 27.8 Å². The molecule has 0 saturated carbocycles. The van der Waals surface area contributed by atoms with Gasteiger partial charge in [-0.3, -0.25) is 4.79 Å². The Kier molecular flexibility index (Phi) is 4.63. The summed E-state index contributed by atoms with van der Waals surface area (Å²) in [6.07, 6.45) is 0. The second-order valence-electron chi connectivity index (χ2n) is 6.24. The van der Waals surface area contributed by atoms with Crippen LogP contribution in [0.4, 0.5) is 0 Å². The Morgan fingerprint density at radius 2 is 1.84 bits per heavy atom. The Hall–Kier alpha value is -2.60. The maximum absolute atomic E-state index is 12.7. The molecule has 130 valence electrons. The minimum atomic E-state index is -0.282. The number of rotatable bonds is 3. The van der Waals surface area contributed by atoms with Crippen LogP contribution in [-0.4, -0.2) is 37.1 Å². The molecule has 25 heavy (non-hydrogen) atoms. The van der Waals surface area contributed by atoms with Gasteiger partial charge in [0.05, 0.1) is 18.7 Å². The number of methoxy groups -OCH3 is 1. The fraction of sp³-hybridized carbons (Fsp3) is 0.263. The smallest absolute Gasteiger partial charge is 0.253 e. The largest absolute Gasteiger partial charge is 0.497 e. The van der Waals surface area contributed by atoms with E-state index in [9.17, 15) is 4.79 Å². The van der Waals surface area contributed by atoms with Gasteiger partial charge in [0.25, 0.3) is 5.91 Å². The molecule has 3 rings (SSSR count). The van der Waals surface area contributed by atoms with Crippen molar-refractivity contribution >= 4 is 34.0 Å². The van der Waals surface area contributed by atoms with E-state index in [4.69, 9.17) is 17.0 Å². The number of carbonyl (C=O) groups is 1. The van der Waals surface area contributed by atoms with Gasteiger partial charge in [0.15, 0.2) is 5.11 Å². The number of amides is 1. The van der Waals surface area contributed by atoms with E-state index in [1.165, 1.54) is 0 Å². The van der Waals surface area contributed by atoms with Crippen LogP contribution in [0.3, 0.4) is 0 Å². The van der Waals surface area contributed by atoms with E-state index in [0.29, 0.717) is 10.7 Å². The monoisotopic (exact) mass is 355 g/mol. The van der Waals surface area contributed by atoms with Crippen LogP contribution in [0.2, 0.25) is 0 Å². The van der Waals surface area contributed by atoms with Crippen LogP contribution in [-0.2, 0) is 4.79 Å². The van der Waals surface area contributed by atoms with E-state index in [1.807, 2.05) is 37.3 Å². The number of fused-ring (bicyclic) bond motifs is 1. The Balaban J connectivity index is 2.08. The van der Waals surface area contributed by atoms with E-state index in [-0.39, 0.29) is 11.9 Å². The summed E-state index contributed by atoms with van der Waals surface area (Å²) in [5, 5.41) is 8.97. The van der Waals surface area contributed by atoms with Crippen LogP contribution in [0, 0.1) is 0 Å². The third-order valence-corrected chi connectivity index (χ3v) is 4.53. The van der Waals surface area contributed by atoms with Crippen molar-refractivity contribution in [3.8, 4) is 5.75 Å². The molecule has 1 aliphatic rings. The lowest BCUT2D eigenvalue weighted by molar-refractivity contribution is -0.125. The second kappa shape index (κ2) is 6.72. The highest BCUT2D eigenvalue weighted by atomic mass is 32.1. The highest BCUT2D eigenvalue weighted by molar-refractivity contribution is 7.80. The molecule has 2 aromatic carbocycles. The zero-order valence-electron chi connectivity index (χ0n) is 14.7. The number of allylic oxidation sites excluding steroid dienone is 1. The maximum atomic E-state index is 12.7. The average molecular weight is 355 g/mol. The highest BCUT2D eigenvalue weighted by Gasteiger charge is 2.30. The quantitative estimate of drug-likeness (QED) is 0.829. The summed E-state index contributed by atoms with van der Waals surface area (Å²) in [5.74, 6) is 0.778. The van der Waals surface area contributed by atoms with Crippen LogP contribution in [0.5, 0.6) is 5.75 Å². The van der Waals surface area contributed by atoms with Crippen molar-refractivity contribution in [2.75, 3.05) is 21.2 Å². The minimum Gasteiger partial charge on any atom is -0.497 e. The molecule has 0 fully saturated rings. The SMILES string of the molecule is COc1ccc2cc([C@H]3NC(=S)NC(C)=C3C(=O)N(C)C)ccc2c1. The van der Waals surface area contributed by atoms with Gasteiger partial charge < -0.3 is 20.3 Å². The summed E-state index contributed by atoms with van der Waals surface area (Å²) < 4.78 is 5.28. The van der Waals surface area contributed by atoms with Crippen LogP contribution in [0.25, 0.3) is 10.8 Å². The third kappa shape index (κ3) is 3.30. The second-order valence-corrected chi connectivity index (χ2v) is 6.65. The summed E-state index contributed by atoms with van der Waals surface area (Å²) in [7, 11) is 5.15. The lowest BCUT2D eigenvalue weighted by Crippen LogP contribution is -2.46. The Morgan fingerprint density at radius 3 is 2.52 bits per heavy atom. The van der Waals surface area contributed by atoms with Gasteiger partial charge >= 0.3 is 0 Å². The molecule has 0 radical (unpaired) electrons. The molecule has 0 bridgehead atoms. The van der Waals surface area contributed by atoms with E-state index >= 15 is 0 Å². The van der Waals surface area contributed by atoms with E-state index in [2.05, 4.69) is 16.7 Å². The molecule has 2 N–H and O–H groups in total. The maximum Gasteiger partial charge on any atom is 0.253 e. The minimum absolute atomic E-state index is 0.0418. The van der Waals surface area contributed by atoms with Crippen molar-refractivity contribution in [3.05, 3.63) is 53.2 Å². The molecule has 1 heterocycles. The Bertz CT molecular complexity index is 889. The number of nitrogens with one attached hydrogen (secondary N) is 2. The first kappa shape index (κ1) is 17.2. The van der Waals surface area contributed by atoms with Gasteiger partial charge in [-0.05, 0) is 53.7 Å². The molecular weight excluding hydrogens is 334 g/mol.